The van der Waals surface area contributed by atoms with Crippen molar-refractivity contribution in [3.63, 3.8) is 0 Å². The SMILES string of the molecule is C=CC(=O)N1CCCC(NC(=O)c2sc3nccc4c3c2NC(=O)N4c2cc(-c3ccccc3)ncc2C)C1. The van der Waals surface area contributed by atoms with E-state index in [2.05, 4.69) is 27.2 Å². The molecule has 39 heavy (non-hydrogen) atoms. The highest BCUT2D eigenvalue weighted by Crippen LogP contribution is 2.46. The Morgan fingerprint density at radius 1 is 1.18 bits per heavy atom. The van der Waals surface area contributed by atoms with Crippen LogP contribution in [-0.4, -0.2) is 51.8 Å². The van der Waals surface area contributed by atoms with E-state index in [0.29, 0.717) is 39.9 Å². The van der Waals surface area contributed by atoms with Crippen LogP contribution in [0.15, 0.2) is 67.5 Å². The molecule has 2 aliphatic heterocycles. The van der Waals surface area contributed by atoms with Crippen LogP contribution < -0.4 is 15.5 Å². The maximum atomic E-state index is 13.6. The quantitative estimate of drug-likeness (QED) is 0.337. The van der Waals surface area contributed by atoms with Gasteiger partial charge in [-0.25, -0.2) is 9.78 Å². The normalized spacial score (nSPS) is 16.6. The number of amides is 4. The average Bonchev–Trinajstić information content (AvgIpc) is 3.33. The van der Waals surface area contributed by atoms with Crippen molar-refractivity contribution in [2.45, 2.75) is 25.8 Å². The first-order valence-electron chi connectivity index (χ1n) is 12.7. The fourth-order valence-electron chi connectivity index (χ4n) is 5.18. The van der Waals surface area contributed by atoms with Crippen molar-refractivity contribution in [1.29, 1.82) is 0 Å². The molecule has 5 heterocycles. The van der Waals surface area contributed by atoms with Crippen molar-refractivity contribution in [3.05, 3.63) is 78.0 Å². The molecule has 1 fully saturated rings. The molecule has 2 N–H and O–H groups in total. The molecule has 1 atom stereocenters. The number of aromatic nitrogens is 2. The van der Waals surface area contributed by atoms with E-state index in [4.69, 9.17) is 0 Å². The summed E-state index contributed by atoms with van der Waals surface area (Å²) in [5.41, 5.74) is 4.35. The summed E-state index contributed by atoms with van der Waals surface area (Å²) in [5, 5.41) is 6.74. The zero-order chi connectivity index (χ0) is 27.1. The molecule has 9 nitrogen and oxygen atoms in total. The molecule has 196 valence electrons. The number of pyridine rings is 2. The van der Waals surface area contributed by atoms with Gasteiger partial charge in [0, 0.05) is 37.1 Å². The molecule has 0 bridgehead atoms. The monoisotopic (exact) mass is 538 g/mol. The number of carbonyl (C=O) groups is 3. The second-order valence-electron chi connectivity index (χ2n) is 9.61. The highest BCUT2D eigenvalue weighted by molar-refractivity contribution is 7.21. The highest BCUT2D eigenvalue weighted by atomic mass is 32.1. The van der Waals surface area contributed by atoms with Gasteiger partial charge >= 0.3 is 6.03 Å². The van der Waals surface area contributed by atoms with Gasteiger partial charge in [0.25, 0.3) is 5.91 Å². The van der Waals surface area contributed by atoms with Crippen molar-refractivity contribution in [1.82, 2.24) is 20.2 Å². The molecule has 4 aromatic rings. The van der Waals surface area contributed by atoms with Gasteiger partial charge in [0.05, 0.1) is 28.1 Å². The first-order valence-corrected chi connectivity index (χ1v) is 13.5. The van der Waals surface area contributed by atoms with Gasteiger partial charge in [-0.3, -0.25) is 19.5 Å². The number of anilines is 3. The number of hydrogen-bond acceptors (Lipinski definition) is 6. The summed E-state index contributed by atoms with van der Waals surface area (Å²) in [4.78, 5) is 52.5. The van der Waals surface area contributed by atoms with Gasteiger partial charge in [-0.2, -0.15) is 0 Å². The van der Waals surface area contributed by atoms with Crippen LogP contribution in [0.5, 0.6) is 0 Å². The molecule has 10 heteroatoms. The molecule has 2 aliphatic rings. The Bertz CT molecular complexity index is 1630. The fraction of sp³-hybridized carbons (Fsp3) is 0.207. The molecule has 6 rings (SSSR count). The van der Waals surface area contributed by atoms with Gasteiger partial charge in [0.15, 0.2) is 0 Å². The van der Waals surface area contributed by atoms with Gasteiger partial charge in [0.2, 0.25) is 5.91 Å². The number of urea groups is 1. The van der Waals surface area contributed by atoms with E-state index in [9.17, 15) is 14.4 Å². The molecular formula is C29H26N6O3S. The third-order valence-corrected chi connectivity index (χ3v) is 8.18. The van der Waals surface area contributed by atoms with Crippen molar-refractivity contribution in [3.8, 4) is 11.3 Å². The molecule has 0 radical (unpaired) electrons. The molecule has 0 saturated carbocycles. The molecule has 3 aromatic heterocycles. The van der Waals surface area contributed by atoms with Crippen LogP contribution in [0.2, 0.25) is 0 Å². The van der Waals surface area contributed by atoms with Crippen LogP contribution in [0, 0.1) is 6.92 Å². The van der Waals surface area contributed by atoms with E-state index < -0.39 is 0 Å². The highest BCUT2D eigenvalue weighted by Gasteiger charge is 2.34. The van der Waals surface area contributed by atoms with E-state index in [1.54, 1.807) is 28.3 Å². The number of piperidine rings is 1. The number of nitrogens with one attached hydrogen (secondary N) is 2. The Kier molecular flexibility index (Phi) is 6.32. The van der Waals surface area contributed by atoms with Crippen LogP contribution in [0.1, 0.15) is 28.1 Å². The van der Waals surface area contributed by atoms with Crippen LogP contribution in [0.4, 0.5) is 21.9 Å². The fourth-order valence-corrected chi connectivity index (χ4v) is 6.20. The number of hydrogen-bond donors (Lipinski definition) is 2. The maximum Gasteiger partial charge on any atom is 0.331 e. The summed E-state index contributed by atoms with van der Waals surface area (Å²) in [6.45, 7) is 6.54. The summed E-state index contributed by atoms with van der Waals surface area (Å²) in [6, 6.07) is 12.9. The minimum atomic E-state index is -0.365. The number of thiophene rings is 1. The smallest absolute Gasteiger partial charge is 0.331 e. The molecule has 4 amide bonds. The summed E-state index contributed by atoms with van der Waals surface area (Å²) < 4.78 is 0. The van der Waals surface area contributed by atoms with Crippen LogP contribution in [0.3, 0.4) is 0 Å². The number of aryl methyl sites for hydroxylation is 1. The van der Waals surface area contributed by atoms with Crippen molar-refractivity contribution in [2.24, 2.45) is 0 Å². The summed E-state index contributed by atoms with van der Waals surface area (Å²) >= 11 is 1.24. The van der Waals surface area contributed by atoms with Crippen molar-refractivity contribution >= 4 is 56.5 Å². The van der Waals surface area contributed by atoms with Gasteiger partial charge in [0.1, 0.15) is 9.71 Å². The van der Waals surface area contributed by atoms with E-state index in [0.717, 1.165) is 35.0 Å². The van der Waals surface area contributed by atoms with E-state index >= 15 is 0 Å². The minimum Gasteiger partial charge on any atom is -0.347 e. The Morgan fingerprint density at radius 3 is 2.79 bits per heavy atom. The van der Waals surface area contributed by atoms with Crippen molar-refractivity contribution in [2.75, 3.05) is 23.3 Å². The second-order valence-corrected chi connectivity index (χ2v) is 10.6. The molecule has 1 saturated heterocycles. The number of benzene rings is 1. The Hall–Kier alpha value is -4.57. The number of likely N-dealkylation sites (tertiary alicyclic amines) is 1. The molecule has 1 unspecified atom stereocenters. The third kappa shape index (κ3) is 4.42. The van der Waals surface area contributed by atoms with Crippen LogP contribution in [0.25, 0.3) is 21.5 Å². The zero-order valence-corrected chi connectivity index (χ0v) is 22.1. The van der Waals surface area contributed by atoms with Gasteiger partial charge in [-0.05, 0) is 43.5 Å². The number of nitrogens with zero attached hydrogens (tertiary/aromatic N) is 4. The van der Waals surface area contributed by atoms with Gasteiger partial charge in [-0.1, -0.05) is 36.9 Å². The van der Waals surface area contributed by atoms with E-state index in [1.165, 1.54) is 17.4 Å². The molecule has 0 aliphatic carbocycles. The predicted octanol–water partition coefficient (Wildman–Crippen LogP) is 5.26. The lowest BCUT2D eigenvalue weighted by Crippen LogP contribution is -2.49. The van der Waals surface area contributed by atoms with Gasteiger partial charge < -0.3 is 15.5 Å². The first-order chi connectivity index (χ1) is 18.9. The predicted molar refractivity (Wildman–Crippen MR) is 152 cm³/mol. The number of rotatable bonds is 5. The minimum absolute atomic E-state index is 0.145. The second kappa shape index (κ2) is 9.95. The lowest BCUT2D eigenvalue weighted by molar-refractivity contribution is -0.127. The van der Waals surface area contributed by atoms with Crippen molar-refractivity contribution < 1.29 is 14.4 Å². The lowest BCUT2D eigenvalue weighted by Gasteiger charge is -2.32. The Labute approximate surface area is 229 Å². The Balaban J connectivity index is 1.36. The third-order valence-electron chi connectivity index (χ3n) is 7.08. The average molecular weight is 539 g/mol. The molecule has 0 spiro atoms. The first kappa shape index (κ1) is 24.7. The van der Waals surface area contributed by atoms with E-state index in [1.807, 2.05) is 43.3 Å². The summed E-state index contributed by atoms with van der Waals surface area (Å²) in [7, 11) is 0. The van der Waals surface area contributed by atoms with Crippen LogP contribution in [-0.2, 0) is 4.79 Å². The van der Waals surface area contributed by atoms with E-state index in [-0.39, 0.29) is 23.9 Å². The molecular weight excluding hydrogens is 512 g/mol. The standard InChI is InChI=1S/C29H26N6O3S/c1-3-23(36)34-13-7-10-19(16-34)32-27(37)26-25-24-21(11-12-30-28(24)39-26)35(29(38)33-25)22-14-20(31-15-17(22)2)18-8-5-4-6-9-18/h3-6,8-9,11-12,14-15,19H,1,7,10,13,16H2,2H3,(H,32,37)(H,33,38). The largest absolute Gasteiger partial charge is 0.347 e. The molecule has 1 aromatic carbocycles. The zero-order valence-electron chi connectivity index (χ0n) is 21.3. The Morgan fingerprint density at radius 2 is 2.00 bits per heavy atom. The number of carbonyl (C=O) groups excluding carboxylic acids is 3. The lowest BCUT2D eigenvalue weighted by atomic mass is 10.0. The summed E-state index contributed by atoms with van der Waals surface area (Å²) in [5.74, 6) is -0.439. The van der Waals surface area contributed by atoms with Crippen LogP contribution >= 0.6 is 11.3 Å². The topological polar surface area (TPSA) is 108 Å². The summed E-state index contributed by atoms with van der Waals surface area (Å²) in [6.07, 6.45) is 6.26. The van der Waals surface area contributed by atoms with Gasteiger partial charge in [-0.15, -0.1) is 11.3 Å². The maximum absolute atomic E-state index is 13.6.